The third-order valence-electron chi connectivity index (χ3n) is 4.09. The number of ether oxygens (including phenoxy) is 1. The van der Waals surface area contributed by atoms with Crippen molar-refractivity contribution in [1.29, 1.82) is 0 Å². The van der Waals surface area contributed by atoms with Crippen molar-refractivity contribution in [2.75, 3.05) is 30.9 Å². The lowest BCUT2D eigenvalue weighted by Gasteiger charge is -2.14. The Balaban J connectivity index is 2.04. The largest absolute Gasteiger partial charge is 0.385 e. The number of aromatic nitrogens is 1. The lowest BCUT2D eigenvalue weighted by Crippen LogP contribution is -2.16. The Morgan fingerprint density at radius 1 is 1.12 bits per heavy atom. The number of rotatable bonds is 9. The van der Waals surface area contributed by atoms with E-state index >= 15 is 0 Å². The summed E-state index contributed by atoms with van der Waals surface area (Å²) in [5, 5.41) is 6.30. The van der Waals surface area contributed by atoms with Crippen molar-refractivity contribution in [1.82, 2.24) is 4.98 Å². The summed E-state index contributed by atoms with van der Waals surface area (Å²) < 4.78 is 5.02. The molecule has 1 aromatic carbocycles. The number of nitrogens with one attached hydrogen (secondary N) is 2. The first kappa shape index (κ1) is 18.9. The van der Waals surface area contributed by atoms with Crippen molar-refractivity contribution >= 4 is 17.3 Å². The monoisotopic (exact) mass is 341 g/mol. The Morgan fingerprint density at radius 2 is 1.84 bits per heavy atom. The number of nitrogens with zero attached hydrogens (tertiary/aromatic N) is 1. The molecule has 5 heteroatoms. The SMILES string of the molecule is CCc1cccc(CC)c1NC(=O)c1ccc(NCCCOC)cn1. The van der Waals surface area contributed by atoms with Gasteiger partial charge in [0.1, 0.15) is 5.69 Å². The summed E-state index contributed by atoms with van der Waals surface area (Å²) >= 11 is 0. The fourth-order valence-corrected chi connectivity index (χ4v) is 2.66. The van der Waals surface area contributed by atoms with Crippen LogP contribution in [-0.4, -0.2) is 31.2 Å². The van der Waals surface area contributed by atoms with Gasteiger partial charge in [-0.3, -0.25) is 4.79 Å². The third-order valence-corrected chi connectivity index (χ3v) is 4.09. The van der Waals surface area contributed by atoms with Crippen LogP contribution in [0.1, 0.15) is 41.9 Å². The van der Waals surface area contributed by atoms with Crippen molar-refractivity contribution < 1.29 is 9.53 Å². The van der Waals surface area contributed by atoms with Crippen LogP contribution in [0.5, 0.6) is 0 Å². The molecule has 1 aromatic heterocycles. The van der Waals surface area contributed by atoms with E-state index in [9.17, 15) is 4.79 Å². The van der Waals surface area contributed by atoms with E-state index in [1.807, 2.05) is 12.1 Å². The topological polar surface area (TPSA) is 63.2 Å². The van der Waals surface area contributed by atoms with Gasteiger partial charge in [0.15, 0.2) is 0 Å². The quantitative estimate of drug-likeness (QED) is 0.679. The van der Waals surface area contributed by atoms with Crippen molar-refractivity contribution in [3.63, 3.8) is 0 Å². The number of amides is 1. The van der Waals surface area contributed by atoms with Crippen molar-refractivity contribution in [2.24, 2.45) is 0 Å². The number of hydrogen-bond acceptors (Lipinski definition) is 4. The van der Waals surface area contributed by atoms with Crippen LogP contribution in [-0.2, 0) is 17.6 Å². The Bertz CT molecular complexity index is 662. The van der Waals surface area contributed by atoms with Crippen LogP contribution in [0.4, 0.5) is 11.4 Å². The van der Waals surface area contributed by atoms with Gasteiger partial charge >= 0.3 is 0 Å². The molecule has 0 fully saturated rings. The average Bonchev–Trinajstić information content (AvgIpc) is 2.65. The average molecular weight is 341 g/mol. The fraction of sp³-hybridized carbons (Fsp3) is 0.400. The highest BCUT2D eigenvalue weighted by Gasteiger charge is 2.12. The van der Waals surface area contributed by atoms with Crippen LogP contribution < -0.4 is 10.6 Å². The normalized spacial score (nSPS) is 10.5. The zero-order valence-corrected chi connectivity index (χ0v) is 15.3. The van der Waals surface area contributed by atoms with Crippen LogP contribution in [0.15, 0.2) is 36.5 Å². The highest BCUT2D eigenvalue weighted by Crippen LogP contribution is 2.23. The molecule has 2 N–H and O–H groups in total. The number of hydrogen-bond donors (Lipinski definition) is 2. The summed E-state index contributed by atoms with van der Waals surface area (Å²) in [6.07, 6.45) is 4.36. The van der Waals surface area contributed by atoms with E-state index in [0.29, 0.717) is 5.69 Å². The number of pyridine rings is 1. The Kier molecular flexibility index (Phi) is 7.41. The number of benzene rings is 1. The molecule has 0 aliphatic rings. The van der Waals surface area contributed by atoms with E-state index in [1.54, 1.807) is 19.4 Å². The first-order valence-electron chi connectivity index (χ1n) is 8.80. The summed E-state index contributed by atoms with van der Waals surface area (Å²) in [7, 11) is 1.69. The zero-order chi connectivity index (χ0) is 18.1. The second-order valence-corrected chi connectivity index (χ2v) is 5.82. The van der Waals surface area contributed by atoms with Crippen molar-refractivity contribution in [2.45, 2.75) is 33.1 Å². The molecule has 2 aromatic rings. The van der Waals surface area contributed by atoms with Gasteiger partial charge in [0.25, 0.3) is 5.91 Å². The molecule has 25 heavy (non-hydrogen) atoms. The molecule has 0 saturated carbocycles. The van der Waals surface area contributed by atoms with E-state index < -0.39 is 0 Å². The molecular formula is C20H27N3O2. The molecule has 0 saturated heterocycles. The molecule has 134 valence electrons. The summed E-state index contributed by atoms with van der Waals surface area (Å²) in [4.78, 5) is 16.8. The third kappa shape index (κ3) is 5.29. The van der Waals surface area contributed by atoms with E-state index in [1.165, 1.54) is 0 Å². The molecule has 0 aliphatic carbocycles. The Labute approximate surface area is 149 Å². The lowest BCUT2D eigenvalue weighted by atomic mass is 10.0. The van der Waals surface area contributed by atoms with Crippen molar-refractivity contribution in [3.05, 3.63) is 53.3 Å². The van der Waals surface area contributed by atoms with Gasteiger partial charge in [-0.05, 0) is 42.5 Å². The molecule has 0 radical (unpaired) electrons. The molecule has 0 atom stereocenters. The van der Waals surface area contributed by atoms with Crippen LogP contribution in [0.2, 0.25) is 0 Å². The first-order valence-corrected chi connectivity index (χ1v) is 8.80. The van der Waals surface area contributed by atoms with Gasteiger partial charge < -0.3 is 15.4 Å². The number of anilines is 2. The standard InChI is InChI=1S/C20H27N3O2/c1-4-15-8-6-9-16(5-2)19(15)23-20(24)18-11-10-17(14-22-18)21-12-7-13-25-3/h6,8-11,14,21H,4-5,7,12-13H2,1-3H3,(H,23,24). The Hall–Kier alpha value is -2.40. The maximum absolute atomic E-state index is 12.6. The van der Waals surface area contributed by atoms with E-state index in [0.717, 1.165) is 54.9 Å². The van der Waals surface area contributed by atoms with Crippen LogP contribution in [0, 0.1) is 0 Å². The Morgan fingerprint density at radius 3 is 2.40 bits per heavy atom. The summed E-state index contributed by atoms with van der Waals surface area (Å²) in [5.74, 6) is -0.179. The number of carbonyl (C=O) groups is 1. The van der Waals surface area contributed by atoms with Gasteiger partial charge in [-0.15, -0.1) is 0 Å². The first-order chi connectivity index (χ1) is 12.2. The smallest absolute Gasteiger partial charge is 0.274 e. The number of para-hydroxylation sites is 1. The minimum absolute atomic E-state index is 0.179. The lowest BCUT2D eigenvalue weighted by molar-refractivity contribution is 0.102. The maximum atomic E-state index is 12.6. The fourth-order valence-electron chi connectivity index (χ4n) is 2.66. The van der Waals surface area contributed by atoms with Crippen LogP contribution in [0.25, 0.3) is 0 Å². The minimum Gasteiger partial charge on any atom is -0.385 e. The van der Waals surface area contributed by atoms with Gasteiger partial charge in [-0.1, -0.05) is 32.0 Å². The highest BCUT2D eigenvalue weighted by molar-refractivity contribution is 6.03. The number of carbonyl (C=O) groups excluding carboxylic acids is 1. The van der Waals surface area contributed by atoms with Crippen LogP contribution in [0.3, 0.4) is 0 Å². The van der Waals surface area contributed by atoms with Gasteiger partial charge in [-0.2, -0.15) is 0 Å². The van der Waals surface area contributed by atoms with Crippen molar-refractivity contribution in [3.8, 4) is 0 Å². The summed E-state index contributed by atoms with van der Waals surface area (Å²) in [6, 6.07) is 9.76. The van der Waals surface area contributed by atoms with E-state index in [2.05, 4.69) is 41.6 Å². The predicted molar refractivity (Wildman–Crippen MR) is 102 cm³/mol. The predicted octanol–water partition coefficient (Wildman–Crippen LogP) is 3.91. The molecule has 1 amide bonds. The molecule has 0 bridgehead atoms. The molecule has 0 spiro atoms. The molecule has 0 aliphatic heterocycles. The van der Waals surface area contributed by atoms with Gasteiger partial charge in [0.05, 0.1) is 11.9 Å². The molecular weight excluding hydrogens is 314 g/mol. The van der Waals surface area contributed by atoms with Gasteiger partial charge in [0.2, 0.25) is 0 Å². The molecule has 1 heterocycles. The summed E-state index contributed by atoms with van der Waals surface area (Å²) in [5.41, 5.74) is 4.51. The highest BCUT2D eigenvalue weighted by atomic mass is 16.5. The number of methoxy groups -OCH3 is 1. The molecule has 5 nitrogen and oxygen atoms in total. The van der Waals surface area contributed by atoms with E-state index in [4.69, 9.17) is 4.74 Å². The second kappa shape index (κ2) is 9.79. The zero-order valence-electron chi connectivity index (χ0n) is 15.3. The van der Waals surface area contributed by atoms with E-state index in [-0.39, 0.29) is 5.91 Å². The van der Waals surface area contributed by atoms with Gasteiger partial charge in [0, 0.05) is 25.9 Å². The molecule has 0 unspecified atom stereocenters. The number of aryl methyl sites for hydroxylation is 2. The minimum atomic E-state index is -0.179. The molecule has 2 rings (SSSR count). The van der Waals surface area contributed by atoms with Gasteiger partial charge in [-0.25, -0.2) is 4.98 Å². The summed E-state index contributed by atoms with van der Waals surface area (Å²) in [6.45, 7) is 5.71. The van der Waals surface area contributed by atoms with Crippen LogP contribution >= 0.6 is 0 Å². The maximum Gasteiger partial charge on any atom is 0.274 e. The second-order valence-electron chi connectivity index (χ2n) is 5.82.